The molecule has 0 spiro atoms. The monoisotopic (exact) mass is 441 g/mol. The average Bonchev–Trinajstić information content (AvgIpc) is 2.73. The highest BCUT2D eigenvalue weighted by atomic mass is 35.5. The maximum atomic E-state index is 12.3. The van der Waals surface area contributed by atoms with Crippen molar-refractivity contribution >= 4 is 28.3 Å². The van der Waals surface area contributed by atoms with Gasteiger partial charge in [0.2, 0.25) is 11.9 Å². The van der Waals surface area contributed by atoms with E-state index in [1.807, 2.05) is 6.07 Å². The van der Waals surface area contributed by atoms with Crippen LogP contribution >= 0.6 is 11.6 Å². The Morgan fingerprint density at radius 3 is 2.45 bits per heavy atom. The number of benzene rings is 2. The molecule has 0 bridgehead atoms. The summed E-state index contributed by atoms with van der Waals surface area (Å²) in [5, 5.41) is 9.93. The quantitative estimate of drug-likeness (QED) is 0.561. The Morgan fingerprint density at radius 2 is 1.81 bits per heavy atom. The predicted molar refractivity (Wildman–Crippen MR) is 115 cm³/mol. The second kappa shape index (κ2) is 9.60. The van der Waals surface area contributed by atoms with E-state index >= 15 is 0 Å². The molecule has 1 aromatic heterocycles. The number of halogens is 1. The molecular formula is C22H20ClN3O5. The minimum absolute atomic E-state index is 0.0275. The van der Waals surface area contributed by atoms with Crippen LogP contribution < -0.4 is 15.0 Å². The van der Waals surface area contributed by atoms with E-state index in [0.29, 0.717) is 27.4 Å². The normalized spacial score (nSPS) is 12.9. The summed E-state index contributed by atoms with van der Waals surface area (Å²) in [6.45, 7) is 5.04. The van der Waals surface area contributed by atoms with Crippen molar-refractivity contribution in [3.8, 4) is 23.6 Å². The summed E-state index contributed by atoms with van der Waals surface area (Å²) in [4.78, 5) is 31.3. The zero-order chi connectivity index (χ0) is 22.5. The highest BCUT2D eigenvalue weighted by molar-refractivity contribution is 6.31. The second-order valence-corrected chi connectivity index (χ2v) is 7.40. The summed E-state index contributed by atoms with van der Waals surface area (Å²) in [5.41, 5.74) is 0.0801. The van der Waals surface area contributed by atoms with E-state index in [9.17, 15) is 9.59 Å². The number of nitrogens with one attached hydrogen (secondary N) is 1. The van der Waals surface area contributed by atoms with Gasteiger partial charge in [-0.2, -0.15) is 10.2 Å². The van der Waals surface area contributed by atoms with Gasteiger partial charge in [-0.1, -0.05) is 11.6 Å². The van der Waals surface area contributed by atoms with E-state index in [1.54, 1.807) is 57.2 Å². The van der Waals surface area contributed by atoms with Crippen molar-refractivity contribution in [2.24, 2.45) is 0 Å². The third-order valence-electron chi connectivity index (χ3n) is 4.19. The number of hydrogen-bond donors (Lipinski definition) is 1. The molecule has 1 N–H and O–H groups in total. The Hall–Kier alpha value is -3.41. The van der Waals surface area contributed by atoms with Crippen LogP contribution in [0.15, 0.2) is 47.3 Å². The molecule has 3 aromatic rings. The lowest BCUT2D eigenvalue weighted by molar-refractivity contribution is -0.135. The Bertz CT molecular complexity index is 1180. The molecule has 3 rings (SSSR count). The van der Waals surface area contributed by atoms with Crippen LogP contribution in [-0.4, -0.2) is 34.1 Å². The summed E-state index contributed by atoms with van der Waals surface area (Å²) < 4.78 is 16.5. The van der Waals surface area contributed by atoms with Crippen LogP contribution in [0.25, 0.3) is 10.9 Å². The molecule has 160 valence electrons. The SMILES string of the molecule is CC(C)OC(C#N)C(=O)C(C)Oc1ccc(Oc2nc(=O)c3cc(Cl)ccc3[nH]2)cc1. The summed E-state index contributed by atoms with van der Waals surface area (Å²) in [6, 6.07) is 13.1. The van der Waals surface area contributed by atoms with Crippen LogP contribution in [0.2, 0.25) is 5.02 Å². The molecule has 1 heterocycles. The van der Waals surface area contributed by atoms with Crippen molar-refractivity contribution in [3.63, 3.8) is 0 Å². The van der Waals surface area contributed by atoms with Crippen molar-refractivity contribution in [1.29, 1.82) is 5.26 Å². The standard InChI is InChI=1S/C22H20ClN3O5/c1-12(2)29-19(11-24)20(27)13(3)30-15-5-7-16(8-6-15)31-22-25-18-9-4-14(23)10-17(18)21(28)26-22/h4-10,12-13,19H,1-3H3,(H,25,26,28). The molecule has 0 amide bonds. The summed E-state index contributed by atoms with van der Waals surface area (Å²) in [5.74, 6) is 0.347. The lowest BCUT2D eigenvalue weighted by Crippen LogP contribution is -2.36. The van der Waals surface area contributed by atoms with Crippen molar-refractivity contribution in [2.45, 2.75) is 39.1 Å². The molecule has 2 aromatic carbocycles. The van der Waals surface area contributed by atoms with Crippen LogP contribution in [0.1, 0.15) is 20.8 Å². The number of nitriles is 1. The topological polar surface area (TPSA) is 114 Å². The average molecular weight is 442 g/mol. The molecule has 0 radical (unpaired) electrons. The van der Waals surface area contributed by atoms with Crippen molar-refractivity contribution < 1.29 is 19.0 Å². The van der Waals surface area contributed by atoms with E-state index in [-0.39, 0.29) is 12.1 Å². The minimum Gasteiger partial charge on any atom is -0.483 e. The predicted octanol–water partition coefficient (Wildman–Crippen LogP) is 4.02. The lowest BCUT2D eigenvalue weighted by Gasteiger charge is -2.18. The van der Waals surface area contributed by atoms with Gasteiger partial charge in [-0.15, -0.1) is 0 Å². The summed E-state index contributed by atoms with van der Waals surface area (Å²) in [6.07, 6.45) is -2.33. The number of rotatable bonds is 8. The van der Waals surface area contributed by atoms with E-state index in [4.69, 9.17) is 31.1 Å². The molecular weight excluding hydrogens is 422 g/mol. The van der Waals surface area contributed by atoms with Gasteiger partial charge >= 0.3 is 6.01 Å². The van der Waals surface area contributed by atoms with Crippen molar-refractivity contribution in [3.05, 3.63) is 57.8 Å². The van der Waals surface area contributed by atoms with Gasteiger partial charge in [0, 0.05) is 5.02 Å². The van der Waals surface area contributed by atoms with Gasteiger partial charge in [-0.3, -0.25) is 9.59 Å². The van der Waals surface area contributed by atoms with Crippen LogP contribution in [-0.2, 0) is 9.53 Å². The molecule has 8 nitrogen and oxygen atoms in total. The Labute approximate surface area is 183 Å². The van der Waals surface area contributed by atoms with E-state index in [1.165, 1.54) is 6.07 Å². The van der Waals surface area contributed by atoms with Crippen molar-refractivity contribution in [1.82, 2.24) is 9.97 Å². The third kappa shape index (κ3) is 5.60. The number of nitrogens with zero attached hydrogens (tertiary/aromatic N) is 2. The number of ether oxygens (including phenoxy) is 3. The number of H-pyrrole nitrogens is 1. The first-order valence-electron chi connectivity index (χ1n) is 9.50. The number of Topliss-reactive ketones (excluding diaryl/α,β-unsaturated/α-hetero) is 1. The van der Waals surface area contributed by atoms with Gasteiger partial charge in [0.1, 0.15) is 17.6 Å². The van der Waals surface area contributed by atoms with Gasteiger partial charge in [-0.25, -0.2) is 0 Å². The fourth-order valence-corrected chi connectivity index (χ4v) is 2.92. The van der Waals surface area contributed by atoms with Gasteiger partial charge in [0.25, 0.3) is 5.56 Å². The molecule has 0 saturated carbocycles. The maximum Gasteiger partial charge on any atom is 0.303 e. The van der Waals surface area contributed by atoms with Crippen molar-refractivity contribution in [2.75, 3.05) is 0 Å². The van der Waals surface area contributed by atoms with Gasteiger partial charge in [0.05, 0.1) is 17.0 Å². The summed E-state index contributed by atoms with van der Waals surface area (Å²) in [7, 11) is 0. The Balaban J connectivity index is 1.68. The number of aromatic nitrogens is 2. The van der Waals surface area contributed by atoms with E-state index in [0.717, 1.165) is 0 Å². The third-order valence-corrected chi connectivity index (χ3v) is 4.43. The first-order chi connectivity index (χ1) is 14.8. The molecule has 0 aliphatic rings. The number of ketones is 1. The molecule has 9 heteroatoms. The highest BCUT2D eigenvalue weighted by Gasteiger charge is 2.26. The minimum atomic E-state index is -1.19. The number of hydrogen-bond acceptors (Lipinski definition) is 7. The zero-order valence-corrected chi connectivity index (χ0v) is 17.8. The van der Waals surface area contributed by atoms with Crippen LogP contribution in [0.5, 0.6) is 17.5 Å². The second-order valence-electron chi connectivity index (χ2n) is 6.97. The zero-order valence-electron chi connectivity index (χ0n) is 17.1. The van der Waals surface area contributed by atoms with E-state index < -0.39 is 23.6 Å². The fraction of sp³-hybridized carbons (Fsp3) is 0.273. The lowest BCUT2D eigenvalue weighted by atomic mass is 10.1. The Morgan fingerprint density at radius 1 is 1.13 bits per heavy atom. The number of carbonyl (C=O) groups is 1. The molecule has 0 fully saturated rings. The summed E-state index contributed by atoms with van der Waals surface area (Å²) >= 11 is 5.91. The number of carbonyl (C=O) groups excluding carboxylic acids is 1. The first kappa shape index (κ1) is 22.3. The highest BCUT2D eigenvalue weighted by Crippen LogP contribution is 2.23. The fourth-order valence-electron chi connectivity index (χ4n) is 2.75. The smallest absolute Gasteiger partial charge is 0.303 e. The first-order valence-corrected chi connectivity index (χ1v) is 9.87. The molecule has 0 aliphatic carbocycles. The molecule has 2 unspecified atom stereocenters. The Kier molecular flexibility index (Phi) is 6.90. The van der Waals surface area contributed by atoms with Crippen LogP contribution in [0.3, 0.4) is 0 Å². The number of fused-ring (bicyclic) bond motifs is 1. The molecule has 31 heavy (non-hydrogen) atoms. The largest absolute Gasteiger partial charge is 0.483 e. The van der Waals surface area contributed by atoms with Crippen LogP contribution in [0, 0.1) is 11.3 Å². The van der Waals surface area contributed by atoms with Crippen LogP contribution in [0.4, 0.5) is 0 Å². The maximum absolute atomic E-state index is 12.3. The van der Waals surface area contributed by atoms with Gasteiger partial charge in [0.15, 0.2) is 6.10 Å². The van der Waals surface area contributed by atoms with E-state index in [2.05, 4.69) is 9.97 Å². The molecule has 0 saturated heterocycles. The number of aromatic amines is 1. The molecule has 2 atom stereocenters. The van der Waals surface area contributed by atoms with Gasteiger partial charge < -0.3 is 19.2 Å². The van der Waals surface area contributed by atoms with Gasteiger partial charge in [-0.05, 0) is 63.2 Å². The molecule has 0 aliphatic heterocycles.